The van der Waals surface area contributed by atoms with Crippen molar-refractivity contribution in [2.45, 2.75) is 20.4 Å². The highest BCUT2D eigenvalue weighted by Gasteiger charge is 2.12. The maximum Gasteiger partial charge on any atom is 0.254 e. The second-order valence-electron chi connectivity index (χ2n) is 4.53. The average Bonchev–Trinajstić information content (AvgIpc) is 2.73. The maximum absolute atomic E-state index is 13.5. The fraction of sp³-hybridized carbons (Fsp3) is 0.286. The number of hydrogen-bond donors (Lipinski definition) is 2. The first-order valence-corrected chi connectivity index (χ1v) is 6.24. The number of aromatic hydroxyl groups is 1. The molecule has 0 aliphatic rings. The topological polar surface area (TPSA) is 67.2 Å². The molecule has 20 heavy (non-hydrogen) atoms. The van der Waals surface area contributed by atoms with E-state index in [1.54, 1.807) is 6.33 Å². The van der Waals surface area contributed by atoms with E-state index in [0.29, 0.717) is 13.1 Å². The Morgan fingerprint density at radius 3 is 2.85 bits per heavy atom. The molecular formula is C14H16FN3O2. The van der Waals surface area contributed by atoms with Gasteiger partial charge >= 0.3 is 0 Å². The number of carbonyl (C=O) groups excluding carboxylic acids is 1. The summed E-state index contributed by atoms with van der Waals surface area (Å²) in [5, 5.41) is 11.9. The Morgan fingerprint density at radius 1 is 1.45 bits per heavy atom. The molecule has 106 valence electrons. The predicted molar refractivity (Wildman–Crippen MR) is 72.1 cm³/mol. The van der Waals surface area contributed by atoms with Gasteiger partial charge in [0.2, 0.25) is 0 Å². The molecule has 2 N–H and O–H groups in total. The minimum Gasteiger partial charge on any atom is -0.508 e. The van der Waals surface area contributed by atoms with Crippen LogP contribution in [0.3, 0.4) is 0 Å². The van der Waals surface area contributed by atoms with Crippen LogP contribution in [-0.4, -0.2) is 27.1 Å². The highest BCUT2D eigenvalue weighted by molar-refractivity contribution is 5.94. The molecule has 2 rings (SSSR count). The quantitative estimate of drug-likeness (QED) is 0.895. The number of phenolic OH excluding ortho intramolecular Hbond substituents is 1. The molecule has 0 spiro atoms. The summed E-state index contributed by atoms with van der Waals surface area (Å²) in [6.45, 7) is 4.76. The van der Waals surface area contributed by atoms with E-state index in [-0.39, 0.29) is 11.3 Å². The number of carbonyl (C=O) groups is 1. The Morgan fingerprint density at radius 2 is 2.20 bits per heavy atom. The van der Waals surface area contributed by atoms with Crippen LogP contribution in [0.2, 0.25) is 0 Å². The van der Waals surface area contributed by atoms with Crippen molar-refractivity contribution >= 4 is 5.91 Å². The number of aromatic nitrogens is 2. The zero-order chi connectivity index (χ0) is 14.7. The number of aryl methyl sites for hydroxylation is 1. The van der Waals surface area contributed by atoms with E-state index >= 15 is 0 Å². The molecule has 0 aliphatic heterocycles. The Hall–Kier alpha value is -2.37. The normalized spacial score (nSPS) is 10.6. The lowest BCUT2D eigenvalue weighted by molar-refractivity contribution is 0.0947. The van der Waals surface area contributed by atoms with Crippen LogP contribution in [0, 0.1) is 19.7 Å². The summed E-state index contributed by atoms with van der Waals surface area (Å²) in [7, 11) is 0. The van der Waals surface area contributed by atoms with E-state index in [0.717, 1.165) is 23.5 Å². The monoisotopic (exact) mass is 277 g/mol. The zero-order valence-corrected chi connectivity index (χ0v) is 11.4. The van der Waals surface area contributed by atoms with Crippen molar-refractivity contribution < 1.29 is 14.3 Å². The van der Waals surface area contributed by atoms with Gasteiger partial charge in [0, 0.05) is 18.8 Å². The number of nitrogens with zero attached hydrogens (tertiary/aromatic N) is 2. The second-order valence-corrected chi connectivity index (χ2v) is 4.53. The third kappa shape index (κ3) is 2.96. The predicted octanol–water partition coefficient (Wildman–Crippen LogP) is 1.77. The summed E-state index contributed by atoms with van der Waals surface area (Å²) in [5.74, 6) is -1.35. The number of imidazole rings is 1. The largest absolute Gasteiger partial charge is 0.508 e. The SMILES string of the molecule is Cc1ncn(CCNC(=O)c2cc(O)ccc2F)c1C. The number of halogens is 1. The summed E-state index contributed by atoms with van der Waals surface area (Å²) >= 11 is 0. The number of hydrogen-bond acceptors (Lipinski definition) is 3. The van der Waals surface area contributed by atoms with Crippen molar-refractivity contribution in [3.05, 3.63) is 47.3 Å². The van der Waals surface area contributed by atoms with Gasteiger partial charge in [-0.2, -0.15) is 0 Å². The lowest BCUT2D eigenvalue weighted by Crippen LogP contribution is -2.28. The van der Waals surface area contributed by atoms with Crippen LogP contribution in [0.15, 0.2) is 24.5 Å². The molecule has 0 atom stereocenters. The lowest BCUT2D eigenvalue weighted by Gasteiger charge is -2.08. The summed E-state index contributed by atoms with van der Waals surface area (Å²) in [4.78, 5) is 16.0. The van der Waals surface area contributed by atoms with Crippen molar-refractivity contribution in [2.24, 2.45) is 0 Å². The molecule has 1 aromatic carbocycles. The molecule has 6 heteroatoms. The minimum absolute atomic E-state index is 0.141. The van der Waals surface area contributed by atoms with E-state index in [9.17, 15) is 14.3 Å². The fourth-order valence-corrected chi connectivity index (χ4v) is 1.84. The summed E-state index contributed by atoms with van der Waals surface area (Å²) < 4.78 is 15.4. The van der Waals surface area contributed by atoms with E-state index in [4.69, 9.17) is 0 Å². The van der Waals surface area contributed by atoms with Gasteiger partial charge in [0.1, 0.15) is 11.6 Å². The number of phenols is 1. The Balaban J connectivity index is 1.96. The summed E-state index contributed by atoms with van der Waals surface area (Å²) in [6.07, 6.45) is 1.70. The van der Waals surface area contributed by atoms with Crippen LogP contribution in [0.25, 0.3) is 0 Å². The van der Waals surface area contributed by atoms with Crippen LogP contribution in [0.4, 0.5) is 4.39 Å². The molecule has 0 saturated heterocycles. The first-order chi connectivity index (χ1) is 9.49. The summed E-state index contributed by atoms with van der Waals surface area (Å²) in [6, 6.07) is 3.37. The third-order valence-corrected chi connectivity index (χ3v) is 3.18. The molecule has 2 aromatic rings. The number of nitrogens with one attached hydrogen (secondary N) is 1. The molecule has 0 bridgehead atoms. The molecule has 5 nitrogen and oxygen atoms in total. The molecule has 0 radical (unpaired) electrons. The van der Waals surface area contributed by atoms with Crippen molar-refractivity contribution in [3.63, 3.8) is 0 Å². The van der Waals surface area contributed by atoms with Gasteiger partial charge in [-0.1, -0.05) is 0 Å². The highest BCUT2D eigenvalue weighted by atomic mass is 19.1. The molecule has 0 aliphatic carbocycles. The second kappa shape index (κ2) is 5.73. The zero-order valence-electron chi connectivity index (χ0n) is 11.4. The Bertz CT molecular complexity index is 637. The molecule has 0 saturated carbocycles. The number of amides is 1. The minimum atomic E-state index is -0.657. The van der Waals surface area contributed by atoms with E-state index in [2.05, 4.69) is 10.3 Å². The van der Waals surface area contributed by atoms with Gasteiger partial charge in [0.15, 0.2) is 0 Å². The maximum atomic E-state index is 13.5. The lowest BCUT2D eigenvalue weighted by atomic mass is 10.2. The van der Waals surface area contributed by atoms with E-state index in [1.807, 2.05) is 18.4 Å². The van der Waals surface area contributed by atoms with E-state index < -0.39 is 11.7 Å². The Labute approximate surface area is 116 Å². The first kappa shape index (κ1) is 14.0. The number of rotatable bonds is 4. The molecule has 0 unspecified atom stereocenters. The Kier molecular flexibility index (Phi) is 4.02. The van der Waals surface area contributed by atoms with Crippen molar-refractivity contribution in [1.82, 2.24) is 14.9 Å². The van der Waals surface area contributed by atoms with Crippen LogP contribution in [0.5, 0.6) is 5.75 Å². The smallest absolute Gasteiger partial charge is 0.254 e. The van der Waals surface area contributed by atoms with Gasteiger partial charge in [-0.05, 0) is 32.0 Å². The third-order valence-electron chi connectivity index (χ3n) is 3.18. The fourth-order valence-electron chi connectivity index (χ4n) is 1.84. The standard InChI is InChI=1S/C14H16FN3O2/c1-9-10(2)18(8-17-9)6-5-16-14(20)12-7-11(19)3-4-13(12)15/h3-4,7-8,19H,5-6H2,1-2H3,(H,16,20). The summed E-state index contributed by atoms with van der Waals surface area (Å²) in [5.41, 5.74) is 1.81. The molecule has 1 aromatic heterocycles. The van der Waals surface area contributed by atoms with Crippen LogP contribution in [0.1, 0.15) is 21.7 Å². The van der Waals surface area contributed by atoms with Crippen molar-refractivity contribution in [1.29, 1.82) is 0 Å². The van der Waals surface area contributed by atoms with Gasteiger partial charge in [-0.25, -0.2) is 9.37 Å². The van der Waals surface area contributed by atoms with Gasteiger partial charge < -0.3 is 15.0 Å². The van der Waals surface area contributed by atoms with Crippen molar-refractivity contribution in [2.75, 3.05) is 6.54 Å². The van der Waals surface area contributed by atoms with Crippen LogP contribution in [-0.2, 0) is 6.54 Å². The first-order valence-electron chi connectivity index (χ1n) is 6.24. The van der Waals surface area contributed by atoms with Crippen molar-refractivity contribution in [3.8, 4) is 5.75 Å². The molecule has 1 heterocycles. The van der Waals surface area contributed by atoms with E-state index in [1.165, 1.54) is 6.07 Å². The van der Waals surface area contributed by atoms with Crippen LogP contribution >= 0.6 is 0 Å². The van der Waals surface area contributed by atoms with Gasteiger partial charge in [-0.15, -0.1) is 0 Å². The molecule has 0 fully saturated rings. The van der Waals surface area contributed by atoms with Gasteiger partial charge in [0.05, 0.1) is 17.6 Å². The van der Waals surface area contributed by atoms with Gasteiger partial charge in [-0.3, -0.25) is 4.79 Å². The molecule has 1 amide bonds. The molecular weight excluding hydrogens is 261 g/mol. The van der Waals surface area contributed by atoms with Crippen LogP contribution < -0.4 is 5.32 Å². The highest BCUT2D eigenvalue weighted by Crippen LogP contribution is 2.15. The number of benzene rings is 1. The van der Waals surface area contributed by atoms with Gasteiger partial charge in [0.25, 0.3) is 5.91 Å². The average molecular weight is 277 g/mol.